The van der Waals surface area contributed by atoms with Crippen molar-refractivity contribution in [1.29, 1.82) is 0 Å². The standard InChI is InChI=1S/C14H10O2/c1-2-10-5-3-4-6-12(10)13-9-11(15)7-8-14(13)16/h2-9H,1H2. The molecule has 2 nitrogen and oxygen atoms in total. The topological polar surface area (TPSA) is 34.1 Å². The Morgan fingerprint density at radius 3 is 2.56 bits per heavy atom. The number of hydrogen-bond acceptors (Lipinski definition) is 2. The summed E-state index contributed by atoms with van der Waals surface area (Å²) in [7, 11) is 0. The maximum absolute atomic E-state index is 11.7. The normalized spacial score (nSPS) is 14.9. The first kappa shape index (κ1) is 10.3. The highest BCUT2D eigenvalue weighted by Gasteiger charge is 2.16. The highest BCUT2D eigenvalue weighted by atomic mass is 16.1. The van der Waals surface area contributed by atoms with Gasteiger partial charge in [-0.3, -0.25) is 9.59 Å². The molecule has 0 spiro atoms. The fourth-order valence-electron chi connectivity index (χ4n) is 1.64. The van der Waals surface area contributed by atoms with E-state index in [9.17, 15) is 9.59 Å². The molecule has 1 aliphatic rings. The van der Waals surface area contributed by atoms with Crippen LogP contribution in [-0.2, 0) is 9.59 Å². The number of hydrogen-bond donors (Lipinski definition) is 0. The van der Waals surface area contributed by atoms with Gasteiger partial charge in [-0.05, 0) is 29.4 Å². The summed E-state index contributed by atoms with van der Waals surface area (Å²) in [5, 5.41) is 0. The highest BCUT2D eigenvalue weighted by Crippen LogP contribution is 2.23. The lowest BCUT2D eigenvalue weighted by Crippen LogP contribution is -2.07. The first-order valence-electron chi connectivity index (χ1n) is 4.92. The van der Waals surface area contributed by atoms with Crippen molar-refractivity contribution < 1.29 is 9.59 Å². The Bertz CT molecular complexity index is 533. The van der Waals surface area contributed by atoms with Crippen LogP contribution in [0.25, 0.3) is 11.6 Å². The van der Waals surface area contributed by atoms with Crippen molar-refractivity contribution in [3.05, 3.63) is 60.2 Å². The lowest BCUT2D eigenvalue weighted by molar-refractivity contribution is -0.113. The lowest BCUT2D eigenvalue weighted by atomic mass is 9.93. The van der Waals surface area contributed by atoms with E-state index >= 15 is 0 Å². The summed E-state index contributed by atoms with van der Waals surface area (Å²) in [4.78, 5) is 22.9. The minimum absolute atomic E-state index is 0.145. The number of allylic oxidation sites excluding steroid dienone is 4. The van der Waals surface area contributed by atoms with Gasteiger partial charge in [0.05, 0.1) is 0 Å². The zero-order valence-electron chi connectivity index (χ0n) is 8.64. The number of rotatable bonds is 2. The molecule has 0 heterocycles. The molecule has 0 N–H and O–H groups in total. The summed E-state index contributed by atoms with van der Waals surface area (Å²) < 4.78 is 0. The number of benzene rings is 1. The quantitative estimate of drug-likeness (QED) is 0.702. The molecule has 0 atom stereocenters. The molecule has 0 aromatic heterocycles. The lowest BCUT2D eigenvalue weighted by Gasteiger charge is -2.09. The highest BCUT2D eigenvalue weighted by molar-refractivity contribution is 6.34. The zero-order chi connectivity index (χ0) is 11.5. The Morgan fingerprint density at radius 2 is 1.81 bits per heavy atom. The van der Waals surface area contributed by atoms with E-state index in [1.807, 2.05) is 24.3 Å². The molecule has 2 heteroatoms. The summed E-state index contributed by atoms with van der Waals surface area (Å²) in [5.74, 6) is -0.303. The van der Waals surface area contributed by atoms with Gasteiger partial charge in [-0.25, -0.2) is 0 Å². The monoisotopic (exact) mass is 210 g/mol. The second-order valence-corrected chi connectivity index (χ2v) is 3.45. The molecular formula is C14H10O2. The minimum atomic E-state index is -0.159. The van der Waals surface area contributed by atoms with E-state index in [1.54, 1.807) is 6.08 Å². The smallest absolute Gasteiger partial charge is 0.186 e. The molecule has 0 saturated carbocycles. The Morgan fingerprint density at radius 1 is 1.06 bits per heavy atom. The van der Waals surface area contributed by atoms with Crippen molar-refractivity contribution in [3.8, 4) is 0 Å². The number of ketones is 2. The Kier molecular flexibility index (Phi) is 2.64. The van der Waals surface area contributed by atoms with Gasteiger partial charge >= 0.3 is 0 Å². The number of carbonyl (C=O) groups excluding carboxylic acids is 2. The van der Waals surface area contributed by atoms with Crippen molar-refractivity contribution in [2.75, 3.05) is 0 Å². The Hall–Kier alpha value is -2.22. The first-order valence-corrected chi connectivity index (χ1v) is 4.92. The van der Waals surface area contributed by atoms with Crippen molar-refractivity contribution >= 4 is 23.2 Å². The number of carbonyl (C=O) groups is 2. The molecule has 0 saturated heterocycles. The second-order valence-electron chi connectivity index (χ2n) is 3.45. The van der Waals surface area contributed by atoms with Gasteiger partial charge in [-0.2, -0.15) is 0 Å². The van der Waals surface area contributed by atoms with Crippen LogP contribution in [0.5, 0.6) is 0 Å². The van der Waals surface area contributed by atoms with Crippen LogP contribution >= 0.6 is 0 Å². The third kappa shape index (κ3) is 1.77. The van der Waals surface area contributed by atoms with E-state index in [0.29, 0.717) is 5.57 Å². The van der Waals surface area contributed by atoms with Gasteiger partial charge in [0, 0.05) is 5.57 Å². The van der Waals surface area contributed by atoms with Crippen LogP contribution in [0, 0.1) is 0 Å². The van der Waals surface area contributed by atoms with Gasteiger partial charge in [0.2, 0.25) is 0 Å². The average Bonchev–Trinajstić information content (AvgIpc) is 2.32. The fraction of sp³-hybridized carbons (Fsp3) is 0. The molecule has 0 bridgehead atoms. The Labute approximate surface area is 93.6 Å². The van der Waals surface area contributed by atoms with Gasteiger partial charge in [0.1, 0.15) is 0 Å². The predicted molar refractivity (Wildman–Crippen MR) is 63.7 cm³/mol. The third-order valence-electron chi connectivity index (χ3n) is 2.42. The molecule has 2 rings (SSSR count). The molecule has 1 aromatic rings. The van der Waals surface area contributed by atoms with Gasteiger partial charge in [-0.1, -0.05) is 36.9 Å². The van der Waals surface area contributed by atoms with Crippen LogP contribution in [0.3, 0.4) is 0 Å². The molecule has 0 radical (unpaired) electrons. The summed E-state index contributed by atoms with van der Waals surface area (Å²) in [6.45, 7) is 3.69. The first-order chi connectivity index (χ1) is 7.72. The second kappa shape index (κ2) is 4.11. The summed E-state index contributed by atoms with van der Waals surface area (Å²) >= 11 is 0. The Balaban J connectivity index is 2.56. The maximum Gasteiger partial charge on any atom is 0.186 e. The summed E-state index contributed by atoms with van der Waals surface area (Å²) in [6.07, 6.45) is 5.62. The maximum atomic E-state index is 11.7. The van der Waals surface area contributed by atoms with Gasteiger partial charge in [0.25, 0.3) is 0 Å². The SMILES string of the molecule is C=Cc1ccccc1C1=CC(=O)C=CC1=O. The van der Waals surface area contributed by atoms with Crippen LogP contribution in [0.4, 0.5) is 0 Å². The van der Waals surface area contributed by atoms with Crippen molar-refractivity contribution in [2.45, 2.75) is 0 Å². The van der Waals surface area contributed by atoms with Crippen molar-refractivity contribution in [2.24, 2.45) is 0 Å². The molecule has 1 aliphatic carbocycles. The third-order valence-corrected chi connectivity index (χ3v) is 2.42. The van der Waals surface area contributed by atoms with Crippen LogP contribution in [0.1, 0.15) is 11.1 Å². The zero-order valence-corrected chi connectivity index (χ0v) is 8.64. The molecule has 0 unspecified atom stereocenters. The van der Waals surface area contributed by atoms with Crippen LogP contribution in [0.2, 0.25) is 0 Å². The fourth-order valence-corrected chi connectivity index (χ4v) is 1.64. The van der Waals surface area contributed by atoms with Crippen molar-refractivity contribution in [1.82, 2.24) is 0 Å². The van der Waals surface area contributed by atoms with Crippen molar-refractivity contribution in [3.63, 3.8) is 0 Å². The van der Waals surface area contributed by atoms with Crippen LogP contribution in [-0.4, -0.2) is 11.6 Å². The van der Waals surface area contributed by atoms with Gasteiger partial charge in [0.15, 0.2) is 11.6 Å². The van der Waals surface area contributed by atoms with Crippen LogP contribution in [0.15, 0.2) is 49.1 Å². The van der Waals surface area contributed by atoms with Crippen LogP contribution < -0.4 is 0 Å². The van der Waals surface area contributed by atoms with E-state index in [4.69, 9.17) is 0 Å². The molecule has 0 aliphatic heterocycles. The van der Waals surface area contributed by atoms with E-state index in [-0.39, 0.29) is 11.6 Å². The molecule has 1 aromatic carbocycles. The minimum Gasteiger partial charge on any atom is -0.290 e. The van der Waals surface area contributed by atoms with E-state index in [1.165, 1.54) is 18.2 Å². The molecule has 0 fully saturated rings. The van der Waals surface area contributed by atoms with E-state index < -0.39 is 0 Å². The summed E-state index contributed by atoms with van der Waals surface area (Å²) in [5.41, 5.74) is 2.04. The molecule has 16 heavy (non-hydrogen) atoms. The molecular weight excluding hydrogens is 200 g/mol. The largest absolute Gasteiger partial charge is 0.290 e. The molecule has 0 amide bonds. The summed E-state index contributed by atoms with van der Waals surface area (Å²) in [6, 6.07) is 7.37. The predicted octanol–water partition coefficient (Wildman–Crippen LogP) is 2.42. The molecule has 78 valence electrons. The van der Waals surface area contributed by atoms with E-state index in [2.05, 4.69) is 6.58 Å². The van der Waals surface area contributed by atoms with Gasteiger partial charge < -0.3 is 0 Å². The average molecular weight is 210 g/mol. The van der Waals surface area contributed by atoms with Gasteiger partial charge in [-0.15, -0.1) is 0 Å². The van der Waals surface area contributed by atoms with E-state index in [0.717, 1.165) is 11.1 Å².